The van der Waals surface area contributed by atoms with Crippen LogP contribution in [-0.4, -0.2) is 39.2 Å². The molecule has 3 aromatic heterocycles. The third-order valence-electron chi connectivity index (χ3n) is 4.87. The second-order valence-corrected chi connectivity index (χ2v) is 6.98. The van der Waals surface area contributed by atoms with Crippen molar-refractivity contribution < 1.29 is 9.53 Å². The Morgan fingerprint density at radius 2 is 1.94 bits per heavy atom. The maximum absolute atomic E-state index is 12.1. The van der Waals surface area contributed by atoms with Gasteiger partial charge in [-0.15, -0.1) is 0 Å². The van der Waals surface area contributed by atoms with Crippen LogP contribution in [0.5, 0.6) is 5.75 Å². The molecule has 3 heterocycles. The van der Waals surface area contributed by atoms with E-state index in [2.05, 4.69) is 25.2 Å². The first-order valence-corrected chi connectivity index (χ1v) is 10.1. The van der Waals surface area contributed by atoms with Gasteiger partial charge in [0.1, 0.15) is 17.1 Å². The Hall–Kier alpha value is -3.94. The summed E-state index contributed by atoms with van der Waals surface area (Å²) in [5.74, 6) is 1.62. The summed E-state index contributed by atoms with van der Waals surface area (Å²) in [5.41, 5.74) is 3.64. The van der Waals surface area contributed by atoms with Crippen LogP contribution in [0.25, 0.3) is 22.6 Å². The Balaban J connectivity index is 1.34. The van der Waals surface area contributed by atoms with Gasteiger partial charge in [0, 0.05) is 43.8 Å². The van der Waals surface area contributed by atoms with E-state index in [1.807, 2.05) is 48.5 Å². The highest BCUT2D eigenvalue weighted by atomic mass is 16.5. The number of hydrogen-bond acceptors (Lipinski definition) is 5. The summed E-state index contributed by atoms with van der Waals surface area (Å²) in [5, 5.41) is 5.77. The Morgan fingerprint density at radius 3 is 2.77 bits per heavy atom. The highest BCUT2D eigenvalue weighted by molar-refractivity contribution is 5.77. The fourth-order valence-corrected chi connectivity index (χ4v) is 3.36. The number of hydrogen-bond donors (Lipinski definition) is 2. The predicted octanol–water partition coefficient (Wildman–Crippen LogP) is 3.39. The van der Waals surface area contributed by atoms with Gasteiger partial charge in [-0.05, 0) is 48.4 Å². The Bertz CT molecular complexity index is 1160. The molecule has 0 bridgehead atoms. The molecule has 0 radical (unpaired) electrons. The lowest BCUT2D eigenvalue weighted by Crippen LogP contribution is -2.35. The average molecular weight is 416 g/mol. The fraction of sp³-hybridized carbons (Fsp3) is 0.217. The maximum Gasteiger partial charge on any atom is 0.315 e. The minimum Gasteiger partial charge on any atom is -0.497 e. The van der Waals surface area contributed by atoms with Crippen molar-refractivity contribution in [3.63, 3.8) is 0 Å². The summed E-state index contributed by atoms with van der Waals surface area (Å²) in [7, 11) is 1.62. The minimum atomic E-state index is -0.203. The second-order valence-electron chi connectivity index (χ2n) is 6.98. The molecule has 0 aliphatic carbocycles. The third-order valence-corrected chi connectivity index (χ3v) is 4.87. The van der Waals surface area contributed by atoms with Gasteiger partial charge in [-0.2, -0.15) is 0 Å². The molecule has 8 heteroatoms. The number of rotatable bonds is 8. The van der Waals surface area contributed by atoms with Gasteiger partial charge in [0.2, 0.25) is 0 Å². The molecule has 158 valence electrons. The van der Waals surface area contributed by atoms with E-state index in [1.165, 1.54) is 0 Å². The van der Waals surface area contributed by atoms with Crippen molar-refractivity contribution in [1.82, 2.24) is 30.2 Å². The number of nitrogens with one attached hydrogen (secondary N) is 2. The third kappa shape index (κ3) is 4.98. The number of methoxy groups -OCH3 is 1. The molecule has 2 N–H and O–H groups in total. The minimum absolute atomic E-state index is 0.203. The lowest BCUT2D eigenvalue weighted by Gasteiger charge is -2.11. The number of aryl methyl sites for hydroxylation is 1. The number of benzene rings is 1. The number of imidazole rings is 1. The highest BCUT2D eigenvalue weighted by Crippen LogP contribution is 2.23. The summed E-state index contributed by atoms with van der Waals surface area (Å²) < 4.78 is 7.29. The topological polar surface area (TPSA) is 94.0 Å². The van der Waals surface area contributed by atoms with Crippen LogP contribution >= 0.6 is 0 Å². The molecule has 0 unspecified atom stereocenters. The van der Waals surface area contributed by atoms with Crippen LogP contribution in [0.3, 0.4) is 0 Å². The predicted molar refractivity (Wildman–Crippen MR) is 119 cm³/mol. The van der Waals surface area contributed by atoms with Gasteiger partial charge in [-0.1, -0.05) is 12.1 Å². The maximum atomic E-state index is 12.1. The Kier molecular flexibility index (Phi) is 6.37. The molecule has 0 atom stereocenters. The largest absolute Gasteiger partial charge is 0.497 e. The molecule has 2 amide bonds. The molecule has 0 spiro atoms. The Morgan fingerprint density at radius 1 is 1.06 bits per heavy atom. The molecule has 4 rings (SSSR count). The summed E-state index contributed by atoms with van der Waals surface area (Å²) in [6, 6.07) is 15.1. The Labute approximate surface area is 180 Å². The summed E-state index contributed by atoms with van der Waals surface area (Å²) in [4.78, 5) is 25.5. The molecule has 1 aromatic carbocycles. The first-order chi connectivity index (χ1) is 15.2. The summed E-state index contributed by atoms with van der Waals surface area (Å²) >= 11 is 0. The van der Waals surface area contributed by atoms with Crippen LogP contribution < -0.4 is 15.4 Å². The molecule has 8 nitrogen and oxygen atoms in total. The number of urea groups is 1. The number of aromatic nitrogens is 4. The normalized spacial score (nSPS) is 10.7. The van der Waals surface area contributed by atoms with E-state index in [4.69, 9.17) is 9.72 Å². The molecule has 31 heavy (non-hydrogen) atoms. The second kappa shape index (κ2) is 9.71. The monoisotopic (exact) mass is 416 g/mol. The van der Waals surface area contributed by atoms with E-state index < -0.39 is 0 Å². The van der Waals surface area contributed by atoms with Crippen LogP contribution in [0, 0.1) is 0 Å². The summed E-state index contributed by atoms with van der Waals surface area (Å²) in [6.07, 6.45) is 6.01. The van der Waals surface area contributed by atoms with Crippen molar-refractivity contribution in [3.05, 3.63) is 72.7 Å². The van der Waals surface area contributed by atoms with Crippen molar-refractivity contribution in [2.45, 2.75) is 19.5 Å². The van der Waals surface area contributed by atoms with Crippen LogP contribution in [0.15, 0.2) is 67.1 Å². The van der Waals surface area contributed by atoms with Crippen LogP contribution in [-0.2, 0) is 13.1 Å². The van der Waals surface area contributed by atoms with Gasteiger partial charge >= 0.3 is 6.03 Å². The van der Waals surface area contributed by atoms with E-state index in [0.717, 1.165) is 40.3 Å². The number of carbonyl (C=O) groups is 1. The first kappa shape index (κ1) is 20.3. The number of fused-ring (bicyclic) bond motifs is 1. The number of nitrogens with zero attached hydrogens (tertiary/aromatic N) is 4. The molecular formula is C23H24N6O2. The van der Waals surface area contributed by atoms with E-state index in [-0.39, 0.29) is 6.03 Å². The lowest BCUT2D eigenvalue weighted by atomic mass is 10.2. The van der Waals surface area contributed by atoms with Crippen molar-refractivity contribution in [2.75, 3.05) is 13.7 Å². The molecule has 0 saturated carbocycles. The molecule has 4 aromatic rings. The van der Waals surface area contributed by atoms with Gasteiger partial charge in [-0.3, -0.25) is 4.98 Å². The van der Waals surface area contributed by atoms with Crippen LogP contribution in [0.1, 0.15) is 12.0 Å². The number of pyridine rings is 2. The van der Waals surface area contributed by atoms with Crippen molar-refractivity contribution in [2.24, 2.45) is 0 Å². The molecule has 0 aliphatic heterocycles. The number of ether oxygens (including phenoxy) is 1. The number of carbonyl (C=O) groups excluding carboxylic acids is 1. The van der Waals surface area contributed by atoms with Crippen LogP contribution in [0.2, 0.25) is 0 Å². The SMILES string of the molecule is COc1cccc(CNC(=O)NCCCn2c(-c3ccncc3)nc3cccnc32)c1. The summed E-state index contributed by atoms with van der Waals surface area (Å²) in [6.45, 7) is 1.65. The van der Waals surface area contributed by atoms with E-state index in [9.17, 15) is 4.79 Å². The zero-order chi connectivity index (χ0) is 21.5. The lowest BCUT2D eigenvalue weighted by molar-refractivity contribution is 0.240. The van der Waals surface area contributed by atoms with Crippen molar-refractivity contribution in [3.8, 4) is 17.1 Å². The molecule has 0 saturated heterocycles. The van der Waals surface area contributed by atoms with Crippen molar-refractivity contribution >= 4 is 17.2 Å². The molecular weight excluding hydrogens is 392 g/mol. The molecule has 0 aliphatic rings. The first-order valence-electron chi connectivity index (χ1n) is 10.1. The van der Waals surface area contributed by atoms with Crippen LogP contribution in [0.4, 0.5) is 4.79 Å². The standard InChI is InChI=1S/C23H24N6O2/c1-31-19-6-2-5-17(15-19)16-27-23(30)26-11-4-14-29-21(18-8-12-24-13-9-18)28-20-7-3-10-25-22(20)29/h2-3,5-10,12-13,15H,4,11,14,16H2,1H3,(H2,26,27,30). The number of amides is 2. The van der Waals surface area contributed by atoms with Gasteiger partial charge in [0.15, 0.2) is 5.65 Å². The fourth-order valence-electron chi connectivity index (χ4n) is 3.36. The quantitative estimate of drug-likeness (QED) is 0.430. The molecule has 0 fully saturated rings. The zero-order valence-electron chi connectivity index (χ0n) is 17.3. The average Bonchev–Trinajstić information content (AvgIpc) is 3.20. The van der Waals surface area contributed by atoms with E-state index in [0.29, 0.717) is 19.6 Å². The van der Waals surface area contributed by atoms with E-state index in [1.54, 1.807) is 25.7 Å². The van der Waals surface area contributed by atoms with Crippen molar-refractivity contribution in [1.29, 1.82) is 0 Å². The van der Waals surface area contributed by atoms with Gasteiger partial charge in [-0.25, -0.2) is 14.8 Å². The van der Waals surface area contributed by atoms with Gasteiger partial charge in [0.05, 0.1) is 7.11 Å². The zero-order valence-corrected chi connectivity index (χ0v) is 17.3. The smallest absolute Gasteiger partial charge is 0.315 e. The van der Waals surface area contributed by atoms with Gasteiger partial charge < -0.3 is 19.9 Å². The highest BCUT2D eigenvalue weighted by Gasteiger charge is 2.13. The van der Waals surface area contributed by atoms with Gasteiger partial charge in [0.25, 0.3) is 0 Å². The van der Waals surface area contributed by atoms with E-state index >= 15 is 0 Å².